The first-order valence-electron chi connectivity index (χ1n) is 7.64. The number of para-hydroxylation sites is 1. The number of carboxylic acids is 1. The SMILES string of the molecule is O=C(O)CCCCCNC(=O)Cn1ccc(=O)c2ccccc21. The van der Waals surface area contributed by atoms with Crippen LogP contribution in [0.4, 0.5) is 0 Å². The fraction of sp³-hybridized carbons (Fsp3) is 0.353. The number of amides is 1. The number of aromatic nitrogens is 1. The number of unbranched alkanes of at least 4 members (excludes halogenated alkanes) is 2. The van der Waals surface area contributed by atoms with Gasteiger partial charge in [0.2, 0.25) is 5.91 Å². The summed E-state index contributed by atoms with van der Waals surface area (Å²) in [5.74, 6) is -0.920. The molecule has 6 nitrogen and oxygen atoms in total. The van der Waals surface area contributed by atoms with Gasteiger partial charge >= 0.3 is 5.97 Å². The second kappa shape index (κ2) is 8.12. The van der Waals surface area contributed by atoms with Gasteiger partial charge in [0.15, 0.2) is 5.43 Å². The highest BCUT2D eigenvalue weighted by Crippen LogP contribution is 2.09. The molecule has 0 radical (unpaired) electrons. The molecule has 0 unspecified atom stereocenters. The van der Waals surface area contributed by atoms with Crippen LogP contribution >= 0.6 is 0 Å². The first kappa shape index (κ1) is 16.7. The molecule has 122 valence electrons. The van der Waals surface area contributed by atoms with Gasteiger partial charge in [0.25, 0.3) is 0 Å². The molecular weight excluding hydrogens is 296 g/mol. The van der Waals surface area contributed by atoms with Gasteiger partial charge in [0.05, 0.1) is 5.52 Å². The van der Waals surface area contributed by atoms with Crippen LogP contribution in [0.15, 0.2) is 41.3 Å². The number of rotatable bonds is 8. The Morgan fingerprint density at radius 1 is 1.09 bits per heavy atom. The number of carbonyl (C=O) groups is 2. The molecular formula is C17H20N2O4. The van der Waals surface area contributed by atoms with Crippen molar-refractivity contribution in [3.05, 3.63) is 46.8 Å². The second-order valence-electron chi connectivity index (χ2n) is 5.38. The number of nitrogens with one attached hydrogen (secondary N) is 1. The van der Waals surface area contributed by atoms with Crippen molar-refractivity contribution in [1.82, 2.24) is 9.88 Å². The largest absolute Gasteiger partial charge is 0.481 e. The molecule has 0 fully saturated rings. The van der Waals surface area contributed by atoms with Gasteiger partial charge in [-0.15, -0.1) is 0 Å². The van der Waals surface area contributed by atoms with E-state index in [0.29, 0.717) is 18.4 Å². The second-order valence-corrected chi connectivity index (χ2v) is 5.38. The lowest BCUT2D eigenvalue weighted by Crippen LogP contribution is -2.29. The zero-order valence-corrected chi connectivity index (χ0v) is 12.8. The molecule has 2 N–H and O–H groups in total. The Morgan fingerprint density at radius 2 is 1.87 bits per heavy atom. The summed E-state index contributed by atoms with van der Waals surface area (Å²) in [6.45, 7) is 0.673. The van der Waals surface area contributed by atoms with Crippen molar-refractivity contribution in [2.75, 3.05) is 6.54 Å². The fourth-order valence-electron chi connectivity index (χ4n) is 2.41. The van der Waals surface area contributed by atoms with Gasteiger partial charge in [-0.3, -0.25) is 14.4 Å². The van der Waals surface area contributed by atoms with Crippen LogP contribution in [0.2, 0.25) is 0 Å². The van der Waals surface area contributed by atoms with Gasteiger partial charge in [-0.05, 0) is 25.0 Å². The van der Waals surface area contributed by atoms with Crippen LogP contribution in [-0.2, 0) is 16.1 Å². The molecule has 2 aromatic rings. The van der Waals surface area contributed by atoms with Crippen LogP contribution < -0.4 is 10.7 Å². The van der Waals surface area contributed by atoms with Crippen LogP contribution in [0.5, 0.6) is 0 Å². The predicted octanol–water partition coefficient (Wildman–Crippen LogP) is 1.76. The van der Waals surface area contributed by atoms with Gasteiger partial charge in [0.1, 0.15) is 6.54 Å². The summed E-state index contributed by atoms with van der Waals surface area (Å²) in [6, 6.07) is 8.65. The van der Waals surface area contributed by atoms with Crippen LogP contribution in [0, 0.1) is 0 Å². The van der Waals surface area contributed by atoms with Crippen LogP contribution in [-0.4, -0.2) is 28.1 Å². The molecule has 0 bridgehead atoms. The van der Waals surface area contributed by atoms with E-state index in [9.17, 15) is 14.4 Å². The van der Waals surface area contributed by atoms with Crippen molar-refractivity contribution in [3.63, 3.8) is 0 Å². The van der Waals surface area contributed by atoms with E-state index in [2.05, 4.69) is 5.32 Å². The van der Waals surface area contributed by atoms with Crippen LogP contribution in [0.1, 0.15) is 25.7 Å². The van der Waals surface area contributed by atoms with Gasteiger partial charge in [0, 0.05) is 30.6 Å². The highest BCUT2D eigenvalue weighted by atomic mass is 16.4. The molecule has 2 rings (SSSR count). The molecule has 1 heterocycles. The Balaban J connectivity index is 1.85. The monoisotopic (exact) mass is 316 g/mol. The molecule has 0 aliphatic rings. The summed E-state index contributed by atoms with van der Waals surface area (Å²) in [7, 11) is 0. The number of hydrogen-bond acceptors (Lipinski definition) is 3. The number of carboxylic acid groups (broad SMARTS) is 1. The van der Waals surface area contributed by atoms with E-state index in [1.165, 1.54) is 6.07 Å². The van der Waals surface area contributed by atoms with Gasteiger partial charge in [-0.1, -0.05) is 18.6 Å². The number of nitrogens with zero attached hydrogens (tertiary/aromatic N) is 1. The molecule has 0 aliphatic carbocycles. The maximum absolute atomic E-state index is 12.0. The Labute approximate surface area is 133 Å². The summed E-state index contributed by atoms with van der Waals surface area (Å²) >= 11 is 0. The third kappa shape index (κ3) is 4.95. The van der Waals surface area contributed by atoms with Gasteiger partial charge in [-0.25, -0.2) is 0 Å². The average molecular weight is 316 g/mol. The molecule has 0 atom stereocenters. The summed E-state index contributed by atoms with van der Waals surface area (Å²) in [6.07, 6.45) is 3.93. The minimum Gasteiger partial charge on any atom is -0.481 e. The number of fused-ring (bicyclic) bond motifs is 1. The normalized spacial score (nSPS) is 10.6. The van der Waals surface area contributed by atoms with E-state index in [-0.39, 0.29) is 24.3 Å². The predicted molar refractivity (Wildman–Crippen MR) is 87.3 cm³/mol. The lowest BCUT2D eigenvalue weighted by Gasteiger charge is -2.11. The molecule has 0 spiro atoms. The van der Waals surface area contributed by atoms with Crippen molar-refractivity contribution in [2.45, 2.75) is 32.2 Å². The molecule has 1 amide bonds. The minimum atomic E-state index is -0.792. The maximum atomic E-state index is 12.0. The van der Waals surface area contributed by atoms with E-state index in [4.69, 9.17) is 5.11 Å². The van der Waals surface area contributed by atoms with Gasteiger partial charge in [-0.2, -0.15) is 0 Å². The maximum Gasteiger partial charge on any atom is 0.303 e. The molecule has 23 heavy (non-hydrogen) atoms. The molecule has 0 saturated heterocycles. The van der Waals surface area contributed by atoms with E-state index in [0.717, 1.165) is 18.4 Å². The van der Waals surface area contributed by atoms with Crippen molar-refractivity contribution >= 4 is 22.8 Å². The smallest absolute Gasteiger partial charge is 0.303 e. The Hall–Kier alpha value is -2.63. The highest BCUT2D eigenvalue weighted by molar-refractivity contribution is 5.82. The van der Waals surface area contributed by atoms with Crippen molar-refractivity contribution in [2.24, 2.45) is 0 Å². The summed E-state index contributed by atoms with van der Waals surface area (Å²) in [5, 5.41) is 11.9. The summed E-state index contributed by atoms with van der Waals surface area (Å²) in [4.78, 5) is 34.1. The third-order valence-electron chi connectivity index (χ3n) is 3.59. The first-order chi connectivity index (χ1) is 11.1. The quantitative estimate of drug-likeness (QED) is 0.726. The topological polar surface area (TPSA) is 88.4 Å². The molecule has 1 aromatic carbocycles. The number of aliphatic carboxylic acids is 1. The third-order valence-corrected chi connectivity index (χ3v) is 3.59. The Morgan fingerprint density at radius 3 is 2.65 bits per heavy atom. The average Bonchev–Trinajstić information content (AvgIpc) is 2.53. The number of benzene rings is 1. The number of pyridine rings is 1. The molecule has 6 heteroatoms. The fourth-order valence-corrected chi connectivity index (χ4v) is 2.41. The Kier molecular flexibility index (Phi) is 5.91. The summed E-state index contributed by atoms with van der Waals surface area (Å²) < 4.78 is 1.75. The lowest BCUT2D eigenvalue weighted by molar-refractivity contribution is -0.137. The van der Waals surface area contributed by atoms with Crippen molar-refractivity contribution < 1.29 is 14.7 Å². The van der Waals surface area contributed by atoms with E-state index < -0.39 is 5.97 Å². The number of carbonyl (C=O) groups excluding carboxylic acids is 1. The summed E-state index contributed by atoms with van der Waals surface area (Å²) in [5.41, 5.74) is 0.673. The van der Waals surface area contributed by atoms with E-state index >= 15 is 0 Å². The minimum absolute atomic E-state index is 0.0595. The zero-order valence-electron chi connectivity index (χ0n) is 12.8. The molecule has 0 aliphatic heterocycles. The van der Waals surface area contributed by atoms with Crippen LogP contribution in [0.3, 0.4) is 0 Å². The zero-order chi connectivity index (χ0) is 16.7. The Bertz CT molecular complexity index is 752. The van der Waals surface area contributed by atoms with E-state index in [1.54, 1.807) is 22.9 Å². The first-order valence-corrected chi connectivity index (χ1v) is 7.64. The van der Waals surface area contributed by atoms with Gasteiger partial charge < -0.3 is 15.0 Å². The number of hydrogen-bond donors (Lipinski definition) is 2. The van der Waals surface area contributed by atoms with E-state index in [1.807, 2.05) is 12.1 Å². The van der Waals surface area contributed by atoms with Crippen LogP contribution in [0.25, 0.3) is 10.9 Å². The van der Waals surface area contributed by atoms with Crippen molar-refractivity contribution in [1.29, 1.82) is 0 Å². The standard InChI is InChI=1S/C17H20N2O4/c20-15-9-11-19(14-7-4-3-6-13(14)15)12-16(21)18-10-5-1-2-8-17(22)23/h3-4,6-7,9,11H,1-2,5,8,10,12H2,(H,18,21)(H,22,23). The molecule has 1 aromatic heterocycles. The lowest BCUT2D eigenvalue weighted by atomic mass is 10.2. The highest BCUT2D eigenvalue weighted by Gasteiger charge is 2.06. The van der Waals surface area contributed by atoms with Crippen molar-refractivity contribution in [3.8, 4) is 0 Å². The molecule has 0 saturated carbocycles.